The first-order chi connectivity index (χ1) is 12.2. The van der Waals surface area contributed by atoms with Crippen LogP contribution < -0.4 is 5.32 Å². The number of amides is 2. The maximum atomic E-state index is 12.8. The van der Waals surface area contributed by atoms with Crippen LogP contribution in [0.1, 0.15) is 36.8 Å². The second-order valence-electron chi connectivity index (χ2n) is 7.25. The van der Waals surface area contributed by atoms with Crippen molar-refractivity contribution in [3.63, 3.8) is 0 Å². The minimum absolute atomic E-state index is 0.0840. The summed E-state index contributed by atoms with van der Waals surface area (Å²) in [7, 11) is 0. The second-order valence-corrected chi connectivity index (χ2v) is 7.25. The Morgan fingerprint density at radius 3 is 2.64 bits per heavy atom. The standard InChI is InChI=1S/C20H31N3O2/c1-17-6-8-18(9-7-17)15-21-20(24)23-10-4-2-3-5-19(23)16-22-11-13-25-14-12-22/h6-9,19H,2-5,10-16H2,1H3,(H,21,24). The van der Waals surface area contributed by atoms with Gasteiger partial charge in [-0.3, -0.25) is 4.90 Å². The van der Waals surface area contributed by atoms with Crippen molar-refractivity contribution in [3.8, 4) is 0 Å². The van der Waals surface area contributed by atoms with E-state index in [9.17, 15) is 4.79 Å². The monoisotopic (exact) mass is 345 g/mol. The lowest BCUT2D eigenvalue weighted by atomic mass is 10.1. The summed E-state index contributed by atoms with van der Waals surface area (Å²) >= 11 is 0. The first kappa shape index (κ1) is 18.2. The van der Waals surface area contributed by atoms with Gasteiger partial charge in [0.25, 0.3) is 0 Å². The van der Waals surface area contributed by atoms with Crippen LogP contribution in [-0.2, 0) is 11.3 Å². The Labute approximate surface area is 151 Å². The number of hydrogen-bond donors (Lipinski definition) is 1. The van der Waals surface area contributed by atoms with Crippen LogP contribution in [-0.4, -0.2) is 61.3 Å². The second kappa shape index (κ2) is 9.20. The third kappa shape index (κ3) is 5.44. The molecule has 138 valence electrons. The zero-order valence-electron chi connectivity index (χ0n) is 15.4. The SMILES string of the molecule is Cc1ccc(CNC(=O)N2CCCCCC2CN2CCOCC2)cc1. The number of nitrogens with zero attached hydrogens (tertiary/aromatic N) is 2. The lowest BCUT2D eigenvalue weighted by molar-refractivity contribution is 0.0260. The quantitative estimate of drug-likeness (QED) is 0.913. The minimum atomic E-state index is 0.0840. The molecule has 0 spiro atoms. The molecule has 1 atom stereocenters. The van der Waals surface area contributed by atoms with E-state index < -0.39 is 0 Å². The number of benzene rings is 1. The first-order valence-corrected chi connectivity index (χ1v) is 9.62. The van der Waals surface area contributed by atoms with Crippen molar-refractivity contribution in [2.45, 2.75) is 45.2 Å². The van der Waals surface area contributed by atoms with Gasteiger partial charge in [0, 0.05) is 38.8 Å². The van der Waals surface area contributed by atoms with E-state index in [-0.39, 0.29) is 6.03 Å². The maximum Gasteiger partial charge on any atom is 0.317 e. The molecule has 2 aliphatic heterocycles. The molecule has 2 heterocycles. The molecule has 25 heavy (non-hydrogen) atoms. The molecule has 1 aromatic carbocycles. The van der Waals surface area contributed by atoms with Crippen molar-refractivity contribution < 1.29 is 9.53 Å². The Kier molecular flexibility index (Phi) is 6.70. The first-order valence-electron chi connectivity index (χ1n) is 9.62. The summed E-state index contributed by atoms with van der Waals surface area (Å²) in [6.45, 7) is 8.11. The molecule has 0 saturated carbocycles. The number of urea groups is 1. The van der Waals surface area contributed by atoms with E-state index >= 15 is 0 Å². The van der Waals surface area contributed by atoms with Crippen LogP contribution in [0.15, 0.2) is 24.3 Å². The van der Waals surface area contributed by atoms with Crippen LogP contribution in [0, 0.1) is 6.92 Å². The molecule has 0 aromatic heterocycles. The predicted molar refractivity (Wildman–Crippen MR) is 99.6 cm³/mol. The highest BCUT2D eigenvalue weighted by atomic mass is 16.5. The molecule has 3 rings (SSSR count). The van der Waals surface area contributed by atoms with Gasteiger partial charge in [0.05, 0.1) is 13.2 Å². The van der Waals surface area contributed by atoms with Crippen molar-refractivity contribution in [2.75, 3.05) is 39.4 Å². The van der Waals surface area contributed by atoms with Crippen molar-refractivity contribution >= 4 is 6.03 Å². The van der Waals surface area contributed by atoms with Crippen molar-refractivity contribution in [3.05, 3.63) is 35.4 Å². The summed E-state index contributed by atoms with van der Waals surface area (Å²) in [4.78, 5) is 17.3. The molecule has 2 fully saturated rings. The number of rotatable bonds is 4. The summed E-state index contributed by atoms with van der Waals surface area (Å²) in [6, 6.07) is 8.76. The van der Waals surface area contributed by atoms with E-state index in [4.69, 9.17) is 4.74 Å². The van der Waals surface area contributed by atoms with E-state index in [1.807, 2.05) is 0 Å². The average molecular weight is 345 g/mol. The van der Waals surface area contributed by atoms with Crippen molar-refractivity contribution in [1.82, 2.24) is 15.1 Å². The Balaban J connectivity index is 1.57. The van der Waals surface area contributed by atoms with E-state index in [0.717, 1.165) is 57.8 Å². The molecule has 0 aliphatic carbocycles. The van der Waals surface area contributed by atoms with Gasteiger partial charge in [-0.05, 0) is 25.3 Å². The van der Waals surface area contributed by atoms with Crippen LogP contribution in [0.5, 0.6) is 0 Å². The van der Waals surface area contributed by atoms with Gasteiger partial charge >= 0.3 is 6.03 Å². The lowest BCUT2D eigenvalue weighted by Gasteiger charge is -2.36. The largest absolute Gasteiger partial charge is 0.379 e. The van der Waals surface area contributed by atoms with E-state index in [2.05, 4.69) is 46.3 Å². The van der Waals surface area contributed by atoms with Gasteiger partial charge in [0.2, 0.25) is 0 Å². The van der Waals surface area contributed by atoms with Crippen LogP contribution in [0.3, 0.4) is 0 Å². The third-order valence-corrected chi connectivity index (χ3v) is 5.27. The molecular weight excluding hydrogens is 314 g/mol. The van der Waals surface area contributed by atoms with Crippen LogP contribution >= 0.6 is 0 Å². The summed E-state index contributed by atoms with van der Waals surface area (Å²) in [5.74, 6) is 0. The summed E-state index contributed by atoms with van der Waals surface area (Å²) in [5.41, 5.74) is 2.40. The molecule has 2 amide bonds. The molecule has 2 saturated heterocycles. The molecular formula is C20H31N3O2. The zero-order valence-corrected chi connectivity index (χ0v) is 15.4. The van der Waals surface area contributed by atoms with Gasteiger partial charge in [-0.1, -0.05) is 42.7 Å². The molecule has 5 nitrogen and oxygen atoms in total. The maximum absolute atomic E-state index is 12.8. The number of carbonyl (C=O) groups is 1. The molecule has 0 radical (unpaired) electrons. The van der Waals surface area contributed by atoms with E-state index in [1.165, 1.54) is 18.4 Å². The molecule has 5 heteroatoms. The fourth-order valence-electron chi connectivity index (χ4n) is 3.70. The Morgan fingerprint density at radius 1 is 1.12 bits per heavy atom. The number of carbonyl (C=O) groups excluding carboxylic acids is 1. The third-order valence-electron chi connectivity index (χ3n) is 5.27. The topological polar surface area (TPSA) is 44.8 Å². The van der Waals surface area contributed by atoms with Gasteiger partial charge in [-0.15, -0.1) is 0 Å². The average Bonchev–Trinajstić information content (AvgIpc) is 2.87. The Bertz CT molecular complexity index is 540. The predicted octanol–water partition coefficient (Wildman–Crippen LogP) is 2.78. The molecule has 1 aromatic rings. The number of likely N-dealkylation sites (tertiary alicyclic amines) is 1. The number of hydrogen-bond acceptors (Lipinski definition) is 3. The smallest absolute Gasteiger partial charge is 0.317 e. The fourth-order valence-corrected chi connectivity index (χ4v) is 3.70. The van der Waals surface area contributed by atoms with Gasteiger partial charge in [-0.25, -0.2) is 4.79 Å². The number of aryl methyl sites for hydroxylation is 1. The number of morpholine rings is 1. The molecule has 1 unspecified atom stereocenters. The normalized spacial score (nSPS) is 22.4. The van der Waals surface area contributed by atoms with Gasteiger partial charge < -0.3 is 15.0 Å². The highest BCUT2D eigenvalue weighted by molar-refractivity contribution is 5.74. The van der Waals surface area contributed by atoms with Crippen LogP contribution in [0.2, 0.25) is 0 Å². The van der Waals surface area contributed by atoms with Crippen LogP contribution in [0.25, 0.3) is 0 Å². The molecule has 2 aliphatic rings. The van der Waals surface area contributed by atoms with Gasteiger partial charge in [0.1, 0.15) is 0 Å². The molecule has 1 N–H and O–H groups in total. The van der Waals surface area contributed by atoms with E-state index in [1.54, 1.807) is 0 Å². The Morgan fingerprint density at radius 2 is 1.88 bits per heavy atom. The van der Waals surface area contributed by atoms with Gasteiger partial charge in [-0.2, -0.15) is 0 Å². The fraction of sp³-hybridized carbons (Fsp3) is 0.650. The highest BCUT2D eigenvalue weighted by Crippen LogP contribution is 2.18. The number of nitrogens with one attached hydrogen (secondary N) is 1. The van der Waals surface area contributed by atoms with Crippen molar-refractivity contribution in [1.29, 1.82) is 0 Å². The zero-order chi connectivity index (χ0) is 17.5. The van der Waals surface area contributed by atoms with Gasteiger partial charge in [0.15, 0.2) is 0 Å². The number of ether oxygens (including phenoxy) is 1. The van der Waals surface area contributed by atoms with Crippen molar-refractivity contribution in [2.24, 2.45) is 0 Å². The molecule has 0 bridgehead atoms. The van der Waals surface area contributed by atoms with E-state index in [0.29, 0.717) is 12.6 Å². The summed E-state index contributed by atoms with van der Waals surface area (Å²) in [5, 5.41) is 3.13. The summed E-state index contributed by atoms with van der Waals surface area (Å²) < 4.78 is 5.45. The minimum Gasteiger partial charge on any atom is -0.379 e. The highest BCUT2D eigenvalue weighted by Gasteiger charge is 2.27. The summed E-state index contributed by atoms with van der Waals surface area (Å²) in [6.07, 6.45) is 4.66. The lowest BCUT2D eigenvalue weighted by Crippen LogP contribution is -2.51. The van der Waals surface area contributed by atoms with Crippen LogP contribution in [0.4, 0.5) is 4.79 Å². The Hall–Kier alpha value is -1.59.